The van der Waals surface area contributed by atoms with E-state index in [-0.39, 0.29) is 33.6 Å². The van der Waals surface area contributed by atoms with Gasteiger partial charge in [0.05, 0.1) is 29.7 Å². The number of nitro groups is 1. The first-order valence-electron chi connectivity index (χ1n) is 11.0. The van der Waals surface area contributed by atoms with E-state index in [1.165, 1.54) is 7.11 Å². The number of carbonyl (C=O) groups is 2. The van der Waals surface area contributed by atoms with Crippen LogP contribution in [0.3, 0.4) is 0 Å². The Labute approximate surface area is 213 Å². The fourth-order valence-electron chi connectivity index (χ4n) is 3.62. The summed E-state index contributed by atoms with van der Waals surface area (Å²) in [5.41, 5.74) is 1.61. The van der Waals surface area contributed by atoms with Crippen molar-refractivity contribution >= 4 is 34.5 Å². The summed E-state index contributed by atoms with van der Waals surface area (Å²) in [7, 11) is 1.23. The van der Waals surface area contributed by atoms with Gasteiger partial charge in [0.15, 0.2) is 17.5 Å². The van der Waals surface area contributed by atoms with Crippen molar-refractivity contribution in [2.75, 3.05) is 7.11 Å². The molecule has 1 aromatic heterocycles. The van der Waals surface area contributed by atoms with Crippen LogP contribution in [0.25, 0.3) is 10.8 Å². The molecule has 0 bridgehead atoms. The molecule has 192 valence electrons. The number of nitro benzene ring substituents is 1. The van der Waals surface area contributed by atoms with E-state index in [4.69, 9.17) is 4.74 Å². The van der Waals surface area contributed by atoms with Crippen molar-refractivity contribution in [1.29, 1.82) is 0 Å². The van der Waals surface area contributed by atoms with Crippen molar-refractivity contribution in [2.45, 2.75) is 6.04 Å². The number of carbonyl (C=O) groups excluding carboxylic acids is 2. The topological polar surface area (TPSA) is 189 Å². The number of aromatic hydroxyl groups is 1. The van der Waals surface area contributed by atoms with E-state index >= 15 is 0 Å². The summed E-state index contributed by atoms with van der Waals surface area (Å²) in [6, 6.07) is 15.2. The summed E-state index contributed by atoms with van der Waals surface area (Å²) >= 11 is 0. The minimum atomic E-state index is -1.41. The number of ether oxygens (including phenoxy) is 1. The number of hydrogen-bond acceptors (Lipinski definition) is 9. The Hall–Kier alpha value is -5.59. The van der Waals surface area contributed by atoms with E-state index in [2.05, 4.69) is 26.0 Å². The number of hydrazone groups is 1. The Bertz CT molecular complexity index is 1620. The van der Waals surface area contributed by atoms with E-state index in [1.54, 1.807) is 54.6 Å². The molecule has 1 atom stereocenters. The van der Waals surface area contributed by atoms with Gasteiger partial charge in [-0.15, -0.1) is 0 Å². The van der Waals surface area contributed by atoms with Crippen LogP contribution < -0.4 is 21.0 Å². The molecule has 0 spiro atoms. The average molecular weight is 516 g/mol. The molecule has 0 aliphatic carbocycles. The monoisotopic (exact) mass is 516 g/mol. The molecule has 0 radical (unpaired) electrons. The third kappa shape index (κ3) is 5.31. The standard InChI is InChI=1S/C25H20N6O7/c1-38-19-12-16(31(36)37)11-15(22(19)32)13-26-29-25(35)21(27-23(33)14-7-3-2-4-8-14)20-17-9-5-6-10-18(17)24(34)30-28-20/h2-13,21,32H,1H3,(H,27,33)(H,29,35)(H,30,34)/b26-13-/t21-/m0/s1. The summed E-state index contributed by atoms with van der Waals surface area (Å²) in [5.74, 6) is -2.03. The summed E-state index contributed by atoms with van der Waals surface area (Å²) in [5, 5.41) is 34.8. The van der Waals surface area contributed by atoms with Crippen LogP contribution >= 0.6 is 0 Å². The van der Waals surface area contributed by atoms with Crippen molar-refractivity contribution in [3.05, 3.63) is 104 Å². The molecule has 13 heteroatoms. The third-order valence-corrected chi connectivity index (χ3v) is 5.47. The molecule has 0 fully saturated rings. The molecule has 0 aliphatic rings. The highest BCUT2D eigenvalue weighted by Crippen LogP contribution is 2.33. The summed E-state index contributed by atoms with van der Waals surface area (Å²) in [4.78, 5) is 48.9. The molecule has 13 nitrogen and oxygen atoms in total. The Morgan fingerprint density at radius 1 is 1.13 bits per heavy atom. The van der Waals surface area contributed by atoms with Gasteiger partial charge in [0.2, 0.25) is 0 Å². The van der Waals surface area contributed by atoms with Crippen LogP contribution in [0.4, 0.5) is 5.69 Å². The van der Waals surface area contributed by atoms with E-state index in [0.29, 0.717) is 5.39 Å². The zero-order chi connectivity index (χ0) is 27.2. The molecule has 0 saturated carbocycles. The van der Waals surface area contributed by atoms with Crippen LogP contribution in [0, 0.1) is 10.1 Å². The number of nitrogens with one attached hydrogen (secondary N) is 3. The number of aromatic nitrogens is 2. The zero-order valence-electron chi connectivity index (χ0n) is 19.7. The van der Waals surface area contributed by atoms with Crippen molar-refractivity contribution in [1.82, 2.24) is 20.9 Å². The predicted molar refractivity (Wildman–Crippen MR) is 136 cm³/mol. The normalized spacial score (nSPS) is 11.7. The van der Waals surface area contributed by atoms with Crippen LogP contribution in [-0.2, 0) is 4.79 Å². The maximum absolute atomic E-state index is 13.2. The first-order valence-corrected chi connectivity index (χ1v) is 11.0. The Morgan fingerprint density at radius 3 is 2.50 bits per heavy atom. The minimum absolute atomic E-state index is 0.0528. The molecular formula is C25H20N6O7. The lowest BCUT2D eigenvalue weighted by molar-refractivity contribution is -0.385. The number of phenols is 1. The molecule has 0 saturated heterocycles. The fourth-order valence-corrected chi connectivity index (χ4v) is 3.62. The largest absolute Gasteiger partial charge is 0.504 e. The van der Waals surface area contributed by atoms with Gasteiger partial charge in [0, 0.05) is 22.6 Å². The van der Waals surface area contributed by atoms with E-state index in [0.717, 1.165) is 18.3 Å². The van der Waals surface area contributed by atoms with Crippen LogP contribution in [0.1, 0.15) is 27.7 Å². The number of nitrogens with zero attached hydrogens (tertiary/aromatic N) is 3. The maximum atomic E-state index is 13.2. The number of rotatable bonds is 8. The number of fused-ring (bicyclic) bond motifs is 1. The quantitative estimate of drug-likeness (QED) is 0.156. The molecule has 38 heavy (non-hydrogen) atoms. The van der Waals surface area contributed by atoms with Gasteiger partial charge in [0.1, 0.15) is 5.69 Å². The van der Waals surface area contributed by atoms with E-state index in [1.807, 2.05) is 0 Å². The minimum Gasteiger partial charge on any atom is -0.504 e. The summed E-state index contributed by atoms with van der Waals surface area (Å²) < 4.78 is 4.95. The lowest BCUT2D eigenvalue weighted by Gasteiger charge is -2.18. The van der Waals surface area contributed by atoms with Gasteiger partial charge < -0.3 is 15.2 Å². The van der Waals surface area contributed by atoms with Crippen LogP contribution in [-0.4, -0.2) is 45.4 Å². The maximum Gasteiger partial charge on any atom is 0.274 e. The molecule has 3 aromatic carbocycles. The fraction of sp³-hybridized carbons (Fsp3) is 0.0800. The number of non-ortho nitro benzene ring substituents is 1. The van der Waals surface area contributed by atoms with Gasteiger partial charge in [-0.25, -0.2) is 10.5 Å². The number of aromatic amines is 1. The molecule has 0 unspecified atom stereocenters. The van der Waals surface area contributed by atoms with Crippen molar-refractivity contribution < 1.29 is 24.4 Å². The van der Waals surface area contributed by atoms with Crippen molar-refractivity contribution in [3.63, 3.8) is 0 Å². The first kappa shape index (κ1) is 25.5. The van der Waals surface area contributed by atoms with Crippen LogP contribution in [0.5, 0.6) is 11.5 Å². The van der Waals surface area contributed by atoms with Gasteiger partial charge in [-0.3, -0.25) is 24.5 Å². The second kappa shape index (κ2) is 11.0. The smallest absolute Gasteiger partial charge is 0.274 e. The lowest BCUT2D eigenvalue weighted by Crippen LogP contribution is -2.40. The molecule has 2 amide bonds. The number of phenolic OH excluding ortho intramolecular Hbond substituents is 1. The van der Waals surface area contributed by atoms with Gasteiger partial charge >= 0.3 is 0 Å². The van der Waals surface area contributed by atoms with Crippen molar-refractivity contribution in [3.8, 4) is 11.5 Å². The van der Waals surface area contributed by atoms with Gasteiger partial charge in [0.25, 0.3) is 23.1 Å². The number of hydrogen-bond donors (Lipinski definition) is 4. The highest BCUT2D eigenvalue weighted by Gasteiger charge is 2.27. The second-order valence-corrected chi connectivity index (χ2v) is 7.83. The molecule has 4 aromatic rings. The molecule has 1 heterocycles. The Kier molecular flexibility index (Phi) is 7.38. The Morgan fingerprint density at radius 2 is 1.82 bits per heavy atom. The van der Waals surface area contributed by atoms with Gasteiger partial charge in [-0.05, 0) is 18.2 Å². The second-order valence-electron chi connectivity index (χ2n) is 7.83. The average Bonchev–Trinajstić information content (AvgIpc) is 2.93. The summed E-state index contributed by atoms with van der Waals surface area (Å²) in [6.07, 6.45) is 0.983. The predicted octanol–water partition coefficient (Wildman–Crippen LogP) is 2.17. The lowest BCUT2D eigenvalue weighted by atomic mass is 10.0. The third-order valence-electron chi connectivity index (χ3n) is 5.47. The Balaban J connectivity index is 1.69. The SMILES string of the molecule is COc1cc([N+](=O)[O-])cc(/C=N\NC(=O)[C@@H](NC(=O)c2ccccc2)c2n[nH]c(=O)c3ccccc23)c1O. The number of methoxy groups -OCH3 is 1. The zero-order valence-corrected chi connectivity index (χ0v) is 19.7. The van der Waals surface area contributed by atoms with Crippen molar-refractivity contribution in [2.24, 2.45) is 5.10 Å². The number of benzene rings is 3. The highest BCUT2D eigenvalue weighted by atomic mass is 16.6. The van der Waals surface area contributed by atoms with Crippen LogP contribution in [0.2, 0.25) is 0 Å². The van der Waals surface area contributed by atoms with E-state index < -0.39 is 34.1 Å². The molecule has 4 rings (SSSR count). The van der Waals surface area contributed by atoms with E-state index in [9.17, 15) is 29.6 Å². The molecular weight excluding hydrogens is 496 g/mol. The van der Waals surface area contributed by atoms with Crippen LogP contribution in [0.15, 0.2) is 76.6 Å². The van der Waals surface area contributed by atoms with Gasteiger partial charge in [-0.1, -0.05) is 36.4 Å². The molecule has 0 aliphatic heterocycles. The molecule has 4 N–H and O–H groups in total. The summed E-state index contributed by atoms with van der Waals surface area (Å²) in [6.45, 7) is 0. The first-order chi connectivity index (χ1) is 18.3. The number of H-pyrrole nitrogens is 1. The number of amides is 2. The highest BCUT2D eigenvalue weighted by molar-refractivity contribution is 5.99. The van der Waals surface area contributed by atoms with Gasteiger partial charge in [-0.2, -0.15) is 10.2 Å².